The van der Waals surface area contributed by atoms with Crippen LogP contribution >= 0.6 is 0 Å². The van der Waals surface area contributed by atoms with Gasteiger partial charge < -0.3 is 5.11 Å². The van der Waals surface area contributed by atoms with E-state index in [0.717, 1.165) is 0 Å². The third-order valence-electron chi connectivity index (χ3n) is 2.65. The van der Waals surface area contributed by atoms with Crippen molar-refractivity contribution in [1.82, 2.24) is 0 Å². The first-order chi connectivity index (χ1) is 4.83. The smallest absolute Gasteiger partial charge is 0 e. The summed E-state index contributed by atoms with van der Waals surface area (Å²) in [6.45, 7) is 3.63. The summed E-state index contributed by atoms with van der Waals surface area (Å²) in [6, 6.07) is 0. The van der Waals surface area contributed by atoms with Crippen LogP contribution in [0.25, 0.3) is 0 Å². The molecule has 0 unspecified atom stereocenters. The second-order valence-corrected chi connectivity index (χ2v) is 3.45. The maximum atomic E-state index is 8.94. The minimum atomic E-state index is 0. The molecule has 0 aliphatic heterocycles. The van der Waals surface area contributed by atoms with E-state index in [1.54, 1.807) is 0 Å². The molecular weight excluding hydrogens is 265 g/mol. The van der Waals surface area contributed by atoms with Crippen LogP contribution in [0.3, 0.4) is 0 Å². The Balaban J connectivity index is 0.000001000. The predicted octanol–water partition coefficient (Wildman–Crippen LogP) is 2.88. The zero-order chi connectivity index (χ0) is 7.45. The van der Waals surface area contributed by atoms with Crippen LogP contribution in [0, 0.1) is 53.3 Å². The molecule has 0 bridgehead atoms. The second-order valence-electron chi connectivity index (χ2n) is 3.45. The molecular formula is C9H17OPr-. The van der Waals surface area contributed by atoms with Gasteiger partial charge in [0.25, 0.3) is 0 Å². The number of hydrogen-bond donors (Lipinski definition) is 1. The molecule has 1 rings (SSSR count). The van der Waals surface area contributed by atoms with E-state index in [0.29, 0.717) is 0 Å². The molecule has 1 fully saturated rings. The first-order valence-electron chi connectivity index (χ1n) is 4.31. The summed E-state index contributed by atoms with van der Waals surface area (Å²) in [6.07, 6.45) is 7.43. The average Bonchev–Trinajstić information content (AvgIpc) is 1.87. The molecule has 63 valence electrons. The Morgan fingerprint density at radius 2 is 2.09 bits per heavy atom. The molecule has 0 amide bonds. The molecule has 1 aliphatic carbocycles. The Morgan fingerprint density at radius 1 is 1.45 bits per heavy atom. The van der Waals surface area contributed by atoms with Gasteiger partial charge >= 0.3 is 0 Å². The standard InChI is InChI=1S/C9H17O.Pr/c1-2-3-5-9(8-10)6-4-7-9;/h8,10H,2-7H2,1H3;/q-1;. The first kappa shape index (κ1) is 12.3. The van der Waals surface area contributed by atoms with Gasteiger partial charge in [-0.1, -0.05) is 45.4 Å². The van der Waals surface area contributed by atoms with E-state index in [4.69, 9.17) is 5.11 Å². The fraction of sp³-hybridized carbons (Fsp3) is 0.889. The van der Waals surface area contributed by atoms with Gasteiger partial charge in [0.05, 0.1) is 0 Å². The quantitative estimate of drug-likeness (QED) is 0.786. The summed E-state index contributed by atoms with van der Waals surface area (Å²) in [5.74, 6) is 0. The minimum Gasteiger partial charge on any atom is -0.565 e. The molecule has 0 aromatic rings. The second kappa shape index (κ2) is 5.88. The van der Waals surface area contributed by atoms with Crippen molar-refractivity contribution in [2.75, 3.05) is 0 Å². The van der Waals surface area contributed by atoms with Gasteiger partial charge in [-0.2, -0.15) is 0 Å². The Labute approximate surface area is 103 Å². The third kappa shape index (κ3) is 3.28. The van der Waals surface area contributed by atoms with E-state index in [2.05, 4.69) is 6.92 Å². The molecule has 0 heterocycles. The summed E-state index contributed by atoms with van der Waals surface area (Å²) in [5, 5.41) is 8.94. The number of aliphatic hydroxyl groups excluding tert-OH is 1. The Kier molecular flexibility index (Phi) is 6.59. The topological polar surface area (TPSA) is 20.2 Å². The fourth-order valence-corrected chi connectivity index (χ4v) is 1.60. The van der Waals surface area contributed by atoms with Crippen molar-refractivity contribution < 1.29 is 46.4 Å². The summed E-state index contributed by atoms with van der Waals surface area (Å²) in [4.78, 5) is 0. The van der Waals surface area contributed by atoms with Crippen LogP contribution in [-0.4, -0.2) is 5.11 Å². The number of aliphatic hydroxyl groups is 1. The van der Waals surface area contributed by atoms with Crippen molar-refractivity contribution in [2.24, 2.45) is 5.41 Å². The van der Waals surface area contributed by atoms with Crippen molar-refractivity contribution in [1.29, 1.82) is 0 Å². The normalized spacial score (nSPS) is 20.2. The van der Waals surface area contributed by atoms with Crippen LogP contribution in [0.1, 0.15) is 45.4 Å². The number of hydrogen-bond acceptors (Lipinski definition) is 1. The van der Waals surface area contributed by atoms with Gasteiger partial charge in [0.1, 0.15) is 0 Å². The molecule has 1 aliphatic rings. The van der Waals surface area contributed by atoms with Crippen molar-refractivity contribution >= 4 is 0 Å². The SMILES string of the molecule is CCCCC1([CH-]O)CCC1.[Pr]. The molecule has 1 nitrogen and oxygen atoms in total. The van der Waals surface area contributed by atoms with Crippen LogP contribution < -0.4 is 0 Å². The van der Waals surface area contributed by atoms with Gasteiger partial charge in [-0.25, -0.2) is 6.61 Å². The molecule has 11 heavy (non-hydrogen) atoms. The van der Waals surface area contributed by atoms with Crippen molar-refractivity contribution in [3.8, 4) is 0 Å². The van der Waals surface area contributed by atoms with E-state index in [1.807, 2.05) is 0 Å². The zero-order valence-corrected chi connectivity index (χ0v) is 11.0. The van der Waals surface area contributed by atoms with Crippen LogP contribution in [0.15, 0.2) is 0 Å². The van der Waals surface area contributed by atoms with Gasteiger partial charge in [0, 0.05) is 41.3 Å². The van der Waals surface area contributed by atoms with Crippen LogP contribution in [0.4, 0.5) is 0 Å². The zero-order valence-electron chi connectivity index (χ0n) is 7.34. The van der Waals surface area contributed by atoms with Crippen LogP contribution in [0.5, 0.6) is 0 Å². The number of unbranched alkanes of at least 4 members (excludes halogenated alkanes) is 1. The predicted molar refractivity (Wildman–Crippen MR) is 42.0 cm³/mol. The van der Waals surface area contributed by atoms with E-state index < -0.39 is 0 Å². The number of rotatable bonds is 4. The molecule has 0 saturated heterocycles. The van der Waals surface area contributed by atoms with E-state index in [1.165, 1.54) is 45.1 Å². The molecule has 0 spiro atoms. The van der Waals surface area contributed by atoms with E-state index >= 15 is 0 Å². The first-order valence-corrected chi connectivity index (χ1v) is 4.31. The van der Waals surface area contributed by atoms with Crippen LogP contribution in [0.2, 0.25) is 0 Å². The van der Waals surface area contributed by atoms with Crippen LogP contribution in [-0.2, 0) is 0 Å². The molecule has 1 radical (unpaired) electrons. The Morgan fingerprint density at radius 3 is 2.36 bits per heavy atom. The largest absolute Gasteiger partial charge is 0.565 e. The minimum absolute atomic E-state index is 0. The van der Waals surface area contributed by atoms with E-state index in [9.17, 15) is 0 Å². The molecule has 0 atom stereocenters. The summed E-state index contributed by atoms with van der Waals surface area (Å²) in [5.41, 5.74) is 0.246. The fourth-order valence-electron chi connectivity index (χ4n) is 1.60. The average molecular weight is 282 g/mol. The van der Waals surface area contributed by atoms with Crippen molar-refractivity contribution in [3.63, 3.8) is 0 Å². The van der Waals surface area contributed by atoms with Gasteiger partial charge in [-0.05, 0) is 0 Å². The van der Waals surface area contributed by atoms with E-state index in [-0.39, 0.29) is 46.7 Å². The van der Waals surface area contributed by atoms with Gasteiger partial charge in [0.15, 0.2) is 0 Å². The molecule has 1 saturated carbocycles. The third-order valence-corrected chi connectivity index (χ3v) is 2.65. The molecule has 0 aromatic carbocycles. The van der Waals surface area contributed by atoms with Gasteiger partial charge in [0.2, 0.25) is 0 Å². The Hall–Kier alpha value is 1.32. The summed E-state index contributed by atoms with van der Waals surface area (Å²) in [7, 11) is 0. The van der Waals surface area contributed by atoms with Crippen molar-refractivity contribution in [3.05, 3.63) is 6.61 Å². The molecule has 1 N–H and O–H groups in total. The molecule has 2 heteroatoms. The van der Waals surface area contributed by atoms with Crippen molar-refractivity contribution in [2.45, 2.75) is 45.4 Å². The monoisotopic (exact) mass is 282 g/mol. The van der Waals surface area contributed by atoms with Gasteiger partial charge in [-0.15, -0.1) is 5.41 Å². The summed E-state index contributed by atoms with van der Waals surface area (Å²) >= 11 is 0. The Bertz CT molecular complexity index is 94.2. The van der Waals surface area contributed by atoms with Gasteiger partial charge in [-0.3, -0.25) is 0 Å². The maximum Gasteiger partial charge on any atom is 0 e. The molecule has 0 aromatic heterocycles. The summed E-state index contributed by atoms with van der Waals surface area (Å²) < 4.78 is 0. The maximum absolute atomic E-state index is 8.94.